The van der Waals surface area contributed by atoms with Crippen LogP contribution in [0.1, 0.15) is 45.2 Å². The van der Waals surface area contributed by atoms with Gasteiger partial charge in [0.1, 0.15) is 28.1 Å². The van der Waals surface area contributed by atoms with Crippen LogP contribution in [0.5, 0.6) is 0 Å². The molecule has 1 aromatic heterocycles. The lowest BCUT2D eigenvalue weighted by atomic mass is 9.90. The Bertz CT molecular complexity index is 888. The molecule has 1 heterocycles. The van der Waals surface area contributed by atoms with Gasteiger partial charge in [-0.05, 0) is 61.7 Å². The van der Waals surface area contributed by atoms with Gasteiger partial charge in [-0.2, -0.15) is 0 Å². The Balaban J connectivity index is 2.19. The van der Waals surface area contributed by atoms with Crippen LogP contribution in [-0.2, 0) is 11.4 Å². The number of alkyl halides is 3. The normalized spacial score (nSPS) is 22.4. The molecule has 1 saturated carbocycles. The van der Waals surface area contributed by atoms with Crippen molar-refractivity contribution in [3.05, 3.63) is 34.2 Å². The molecule has 0 bridgehead atoms. The van der Waals surface area contributed by atoms with Crippen LogP contribution >= 0.6 is 15.9 Å². The number of aromatic nitrogens is 1. The molecule has 27 heavy (non-hydrogen) atoms. The van der Waals surface area contributed by atoms with Gasteiger partial charge >= 0.3 is 0 Å². The van der Waals surface area contributed by atoms with Gasteiger partial charge in [-0.1, -0.05) is 4.40 Å². The van der Waals surface area contributed by atoms with Crippen LogP contribution in [0.4, 0.5) is 17.6 Å². The van der Waals surface area contributed by atoms with Crippen LogP contribution in [0.2, 0.25) is 0 Å². The molecule has 0 saturated heterocycles. The minimum absolute atomic E-state index is 0.0197. The predicted octanol–water partition coefficient (Wildman–Crippen LogP) is 5.73. The molecule has 1 aromatic carbocycles. The Hall–Kier alpha value is -1.06. The maximum Gasteiger partial charge on any atom is 0.285 e. The summed E-state index contributed by atoms with van der Waals surface area (Å²) in [7, 11) is 0. The van der Waals surface area contributed by atoms with E-state index in [1.165, 1.54) is 12.3 Å². The highest BCUT2D eigenvalue weighted by molar-refractivity contribution is 9.10. The van der Waals surface area contributed by atoms with Crippen molar-refractivity contribution in [2.45, 2.75) is 57.0 Å². The molecule has 0 aliphatic heterocycles. The summed E-state index contributed by atoms with van der Waals surface area (Å²) in [6.07, 6.45) is -1.94. The molecule has 3 nitrogen and oxygen atoms in total. The Morgan fingerprint density at radius 1 is 1.33 bits per heavy atom. The second kappa shape index (κ2) is 7.40. The van der Waals surface area contributed by atoms with E-state index in [9.17, 15) is 22.1 Å². The van der Waals surface area contributed by atoms with E-state index in [0.29, 0.717) is 5.52 Å². The molecule has 1 aliphatic rings. The molecule has 1 aliphatic carbocycles. The van der Waals surface area contributed by atoms with Crippen molar-refractivity contribution < 1.29 is 22.1 Å². The van der Waals surface area contributed by atoms with Gasteiger partial charge in [-0.15, -0.1) is 0 Å². The van der Waals surface area contributed by atoms with E-state index >= 15 is 0 Å². The molecule has 0 spiro atoms. The van der Waals surface area contributed by atoms with Gasteiger partial charge in [0.25, 0.3) is 6.43 Å². The average molecular weight is 467 g/mol. The number of hydrogen-bond donors (Lipinski definition) is 0. The molecule has 0 radical (unpaired) electrons. The second-order valence-electron chi connectivity index (χ2n) is 7.59. The van der Waals surface area contributed by atoms with E-state index in [-0.39, 0.29) is 34.3 Å². The summed E-state index contributed by atoms with van der Waals surface area (Å²) in [6.45, 7) is 4.89. The predicted molar refractivity (Wildman–Crippen MR) is 103 cm³/mol. The average Bonchev–Trinajstić information content (AvgIpc) is 2.86. The molecule has 0 N–H and O–H groups in total. The smallest absolute Gasteiger partial charge is 0.285 e. The standard InChI is InChI=1S/C18H19BrF4N2OS/c1-18(2,3)27(26)24-16(17(22)23)12-8-25(10-4-9(20)5-10)15-7-13(19)14(21)6-11(12)15/h6-10,17H,4-5H2,1-3H3. The highest BCUT2D eigenvalue weighted by Gasteiger charge is 2.35. The molecule has 148 valence electrons. The summed E-state index contributed by atoms with van der Waals surface area (Å²) in [4.78, 5) is 0. The van der Waals surface area contributed by atoms with E-state index in [1.807, 2.05) is 0 Å². The minimum Gasteiger partial charge on any atom is -0.591 e. The zero-order valence-electron chi connectivity index (χ0n) is 15.0. The third-order valence-electron chi connectivity index (χ3n) is 4.51. The summed E-state index contributed by atoms with van der Waals surface area (Å²) in [5, 5.41) is 0.239. The first-order valence-electron chi connectivity index (χ1n) is 8.41. The van der Waals surface area contributed by atoms with E-state index in [0.717, 1.165) is 6.07 Å². The Morgan fingerprint density at radius 2 is 1.96 bits per heavy atom. The lowest BCUT2D eigenvalue weighted by Crippen LogP contribution is -2.28. The molecule has 1 fully saturated rings. The lowest BCUT2D eigenvalue weighted by Gasteiger charge is -2.31. The Morgan fingerprint density at radius 3 is 2.48 bits per heavy atom. The highest BCUT2D eigenvalue weighted by atomic mass is 79.9. The first kappa shape index (κ1) is 20.7. The van der Waals surface area contributed by atoms with Gasteiger partial charge in [0.05, 0.1) is 9.99 Å². The summed E-state index contributed by atoms with van der Waals surface area (Å²) < 4.78 is 72.1. The van der Waals surface area contributed by atoms with Crippen molar-refractivity contribution >= 4 is 43.9 Å². The van der Waals surface area contributed by atoms with Crippen molar-refractivity contribution in [1.82, 2.24) is 4.57 Å². The fraction of sp³-hybridized carbons (Fsp3) is 0.500. The van der Waals surface area contributed by atoms with Crippen LogP contribution < -0.4 is 0 Å². The Kier molecular flexibility index (Phi) is 5.67. The zero-order chi connectivity index (χ0) is 20.1. The number of hydrogen-bond acceptors (Lipinski definition) is 2. The van der Waals surface area contributed by atoms with Gasteiger partial charge in [0, 0.05) is 23.2 Å². The van der Waals surface area contributed by atoms with Gasteiger partial charge in [-0.25, -0.2) is 17.6 Å². The lowest BCUT2D eigenvalue weighted by molar-refractivity contribution is 0.140. The van der Waals surface area contributed by atoms with Gasteiger partial charge < -0.3 is 9.12 Å². The monoisotopic (exact) mass is 466 g/mol. The topological polar surface area (TPSA) is 40.4 Å². The summed E-state index contributed by atoms with van der Waals surface area (Å²) in [6, 6.07) is 2.44. The molecular weight excluding hydrogens is 448 g/mol. The maximum atomic E-state index is 14.1. The third kappa shape index (κ3) is 4.05. The number of fused-ring (bicyclic) bond motifs is 1. The molecule has 1 unspecified atom stereocenters. The molecular formula is C18H19BrF4N2OS. The van der Waals surface area contributed by atoms with Crippen LogP contribution in [0.15, 0.2) is 27.2 Å². The van der Waals surface area contributed by atoms with Crippen molar-refractivity contribution in [3.63, 3.8) is 0 Å². The zero-order valence-corrected chi connectivity index (χ0v) is 17.4. The number of halogens is 5. The van der Waals surface area contributed by atoms with Crippen molar-refractivity contribution in [2.24, 2.45) is 4.40 Å². The fourth-order valence-corrected chi connectivity index (χ4v) is 3.89. The molecule has 2 aromatic rings. The van der Waals surface area contributed by atoms with Crippen LogP contribution in [0.25, 0.3) is 10.9 Å². The molecule has 9 heteroatoms. The number of nitrogens with zero attached hydrogens (tertiary/aromatic N) is 2. The van der Waals surface area contributed by atoms with E-state index in [1.54, 1.807) is 25.3 Å². The van der Waals surface area contributed by atoms with Crippen molar-refractivity contribution in [2.75, 3.05) is 0 Å². The first-order chi connectivity index (χ1) is 12.5. The van der Waals surface area contributed by atoms with Gasteiger partial charge in [0.2, 0.25) is 0 Å². The summed E-state index contributed by atoms with van der Waals surface area (Å²) >= 11 is 1.20. The van der Waals surface area contributed by atoms with Gasteiger partial charge in [0.15, 0.2) is 5.71 Å². The third-order valence-corrected chi connectivity index (χ3v) is 6.53. The van der Waals surface area contributed by atoms with Crippen molar-refractivity contribution in [1.29, 1.82) is 0 Å². The molecule has 1 atom stereocenters. The maximum absolute atomic E-state index is 14.1. The SMILES string of the molecule is CC(C)(C)[S+]([O-])N=C(c1cn(C2CC(F)C2)c2cc(Br)c(F)cc12)C(F)F. The summed E-state index contributed by atoms with van der Waals surface area (Å²) in [5.74, 6) is -0.607. The van der Waals surface area contributed by atoms with Gasteiger partial charge in [-0.3, -0.25) is 0 Å². The number of rotatable bonds is 4. The number of benzene rings is 1. The van der Waals surface area contributed by atoms with Crippen LogP contribution in [-0.4, -0.2) is 32.2 Å². The largest absolute Gasteiger partial charge is 0.591 e. The van der Waals surface area contributed by atoms with E-state index in [2.05, 4.69) is 20.3 Å². The minimum atomic E-state index is -2.99. The van der Waals surface area contributed by atoms with Crippen LogP contribution in [0.3, 0.4) is 0 Å². The first-order valence-corrected chi connectivity index (χ1v) is 10.3. The van der Waals surface area contributed by atoms with Crippen molar-refractivity contribution in [3.8, 4) is 0 Å². The van der Waals surface area contributed by atoms with E-state index in [4.69, 9.17) is 0 Å². The summed E-state index contributed by atoms with van der Waals surface area (Å²) in [5.41, 5.74) is -0.124. The molecule has 0 amide bonds. The quantitative estimate of drug-likeness (QED) is 0.322. The van der Waals surface area contributed by atoms with E-state index < -0.39 is 40.2 Å². The highest BCUT2D eigenvalue weighted by Crippen LogP contribution is 2.40. The Labute approximate surface area is 166 Å². The fourth-order valence-electron chi connectivity index (χ4n) is 2.93. The van der Waals surface area contributed by atoms with Crippen LogP contribution in [0, 0.1) is 5.82 Å². The second-order valence-corrected chi connectivity index (χ2v) is 10.4. The molecule has 3 rings (SSSR count).